The van der Waals surface area contributed by atoms with E-state index >= 15 is 0 Å². The van der Waals surface area contributed by atoms with E-state index < -0.39 is 17.1 Å². The molecule has 84 valence electrons. The van der Waals surface area contributed by atoms with Crippen LogP contribution in [-0.4, -0.2) is 41.7 Å². The van der Waals surface area contributed by atoms with Crippen LogP contribution in [0, 0.1) is 0 Å². The van der Waals surface area contributed by atoms with Crippen molar-refractivity contribution in [3.8, 4) is 0 Å². The van der Waals surface area contributed by atoms with Crippen molar-refractivity contribution in [2.24, 2.45) is 0 Å². The largest absolute Gasteiger partial charge is 0.406 e. The van der Waals surface area contributed by atoms with E-state index in [-0.39, 0.29) is 13.2 Å². The maximum Gasteiger partial charge on any atom is 0.406 e. The summed E-state index contributed by atoms with van der Waals surface area (Å²) in [5, 5.41) is 0. The minimum absolute atomic E-state index is 0.265. The molecule has 14 heavy (non-hydrogen) atoms. The Morgan fingerprint density at radius 1 is 1.36 bits per heavy atom. The molecule has 1 aliphatic heterocycles. The van der Waals surface area contributed by atoms with Gasteiger partial charge in [0.05, 0.1) is 18.1 Å². The normalized spacial score (nSPS) is 26.6. The third-order valence-corrected chi connectivity index (χ3v) is 2.47. The van der Waals surface area contributed by atoms with Crippen LogP contribution in [0.2, 0.25) is 0 Å². The van der Waals surface area contributed by atoms with E-state index in [4.69, 9.17) is 4.74 Å². The Hall–Kier alpha value is 0.0600. The molecule has 1 aliphatic rings. The lowest BCUT2D eigenvalue weighted by molar-refractivity contribution is -0.219. The molecule has 6 heteroatoms. The van der Waals surface area contributed by atoms with Gasteiger partial charge in [0.1, 0.15) is 6.04 Å². The van der Waals surface area contributed by atoms with Gasteiger partial charge in [0.2, 0.25) is 0 Å². The number of alkyl halides is 3. The van der Waals surface area contributed by atoms with Crippen molar-refractivity contribution in [3.63, 3.8) is 0 Å². The fourth-order valence-corrected chi connectivity index (χ4v) is 1.77. The van der Waals surface area contributed by atoms with Gasteiger partial charge in [-0.25, -0.2) is 0 Å². The average molecular weight is 229 g/mol. The molecule has 1 atom stereocenters. The summed E-state index contributed by atoms with van der Waals surface area (Å²) in [6.07, 6.45) is -4.25. The molecule has 0 unspecified atom stereocenters. The Labute approximate surface area is 86.8 Å². The Morgan fingerprint density at radius 3 is 2.29 bits per heavy atom. The van der Waals surface area contributed by atoms with Crippen LogP contribution in [0.15, 0.2) is 0 Å². The van der Waals surface area contributed by atoms with Crippen LogP contribution in [0.4, 0.5) is 13.2 Å². The first-order valence-electron chi connectivity index (χ1n) is 4.36. The molecule has 0 saturated carbocycles. The minimum atomic E-state index is -4.25. The van der Waals surface area contributed by atoms with Gasteiger partial charge in [0.25, 0.3) is 0 Å². The molecule has 1 rings (SSSR count). The number of morpholine rings is 1. The monoisotopic (exact) mass is 229 g/mol. The molecule has 0 amide bonds. The zero-order chi connectivity index (χ0) is 11.0. The molecule has 1 heterocycles. The van der Waals surface area contributed by atoms with Crippen LogP contribution in [0.5, 0.6) is 0 Å². The van der Waals surface area contributed by atoms with Gasteiger partial charge in [-0.05, 0) is 13.8 Å². The van der Waals surface area contributed by atoms with Crippen molar-refractivity contribution < 1.29 is 17.9 Å². The summed E-state index contributed by atoms with van der Waals surface area (Å²) in [6.45, 7) is 3.60. The summed E-state index contributed by atoms with van der Waals surface area (Å²) in [5.41, 5.74) is 0. The number of thiol groups is 1. The van der Waals surface area contributed by atoms with E-state index in [0.29, 0.717) is 6.61 Å². The van der Waals surface area contributed by atoms with Crippen LogP contribution < -0.4 is 0 Å². The summed E-state index contributed by atoms with van der Waals surface area (Å²) in [7, 11) is 0. The SMILES string of the molecule is CC(C)(S)N1CCOC[C@H]1C(F)(F)F. The van der Waals surface area contributed by atoms with Crippen molar-refractivity contribution in [1.29, 1.82) is 0 Å². The van der Waals surface area contributed by atoms with Crippen molar-refractivity contribution in [2.45, 2.75) is 30.9 Å². The highest BCUT2D eigenvalue weighted by molar-refractivity contribution is 7.81. The third-order valence-electron chi connectivity index (χ3n) is 2.21. The van der Waals surface area contributed by atoms with Gasteiger partial charge in [0, 0.05) is 6.54 Å². The molecular weight excluding hydrogens is 215 g/mol. The number of rotatable bonds is 1. The number of nitrogens with zero attached hydrogens (tertiary/aromatic N) is 1. The second kappa shape index (κ2) is 3.90. The van der Waals surface area contributed by atoms with E-state index in [2.05, 4.69) is 12.6 Å². The molecule has 0 radical (unpaired) electrons. The predicted octanol–water partition coefficient (Wildman–Crippen LogP) is 1.92. The van der Waals surface area contributed by atoms with Gasteiger partial charge in [-0.1, -0.05) is 0 Å². The van der Waals surface area contributed by atoms with Crippen LogP contribution >= 0.6 is 12.6 Å². The Kier molecular flexibility index (Phi) is 3.38. The molecule has 2 nitrogen and oxygen atoms in total. The highest BCUT2D eigenvalue weighted by Gasteiger charge is 2.48. The van der Waals surface area contributed by atoms with Gasteiger partial charge < -0.3 is 4.74 Å². The lowest BCUT2D eigenvalue weighted by Crippen LogP contribution is -2.59. The molecule has 0 aliphatic carbocycles. The van der Waals surface area contributed by atoms with E-state index in [9.17, 15) is 13.2 Å². The Morgan fingerprint density at radius 2 is 1.93 bits per heavy atom. The highest BCUT2D eigenvalue weighted by atomic mass is 32.1. The third kappa shape index (κ3) is 2.77. The standard InChI is InChI=1S/C8H14F3NOS/c1-7(2,14)12-3-4-13-5-6(12)8(9,10)11/h6,14H,3-5H2,1-2H3/t6-/m0/s1. The molecule has 0 aromatic rings. The van der Waals surface area contributed by atoms with Gasteiger partial charge >= 0.3 is 6.18 Å². The second-order valence-electron chi connectivity index (χ2n) is 3.82. The number of halogens is 3. The first-order valence-corrected chi connectivity index (χ1v) is 4.81. The van der Waals surface area contributed by atoms with Crippen LogP contribution in [-0.2, 0) is 4.74 Å². The van der Waals surface area contributed by atoms with Crippen molar-refractivity contribution in [2.75, 3.05) is 19.8 Å². The van der Waals surface area contributed by atoms with Crippen molar-refractivity contribution in [1.82, 2.24) is 4.90 Å². The molecule has 0 bridgehead atoms. The first kappa shape index (κ1) is 12.1. The fourth-order valence-electron chi connectivity index (χ4n) is 1.53. The summed E-state index contributed by atoms with van der Waals surface area (Å²) >= 11 is 4.16. The quantitative estimate of drug-likeness (QED) is 0.690. The zero-order valence-corrected chi connectivity index (χ0v) is 9.03. The highest BCUT2D eigenvalue weighted by Crippen LogP contribution is 2.33. The Balaban J connectivity index is 2.80. The molecule has 0 aromatic carbocycles. The van der Waals surface area contributed by atoms with Crippen molar-refractivity contribution >= 4 is 12.6 Å². The summed E-state index contributed by atoms with van der Waals surface area (Å²) in [5.74, 6) is 0. The number of hydrogen-bond donors (Lipinski definition) is 1. The zero-order valence-electron chi connectivity index (χ0n) is 8.14. The average Bonchev–Trinajstić information content (AvgIpc) is 2.01. The van der Waals surface area contributed by atoms with Gasteiger partial charge in [-0.3, -0.25) is 4.90 Å². The van der Waals surface area contributed by atoms with Gasteiger partial charge in [0.15, 0.2) is 0 Å². The predicted molar refractivity (Wildman–Crippen MR) is 50.4 cm³/mol. The van der Waals surface area contributed by atoms with E-state index in [1.807, 2.05) is 0 Å². The van der Waals surface area contributed by atoms with E-state index in [1.165, 1.54) is 4.90 Å². The van der Waals surface area contributed by atoms with Gasteiger partial charge in [-0.15, -0.1) is 0 Å². The van der Waals surface area contributed by atoms with Crippen molar-refractivity contribution in [3.05, 3.63) is 0 Å². The van der Waals surface area contributed by atoms with Crippen LogP contribution in [0.3, 0.4) is 0 Å². The van der Waals surface area contributed by atoms with E-state index in [0.717, 1.165) is 0 Å². The van der Waals surface area contributed by atoms with E-state index in [1.54, 1.807) is 13.8 Å². The molecule has 0 spiro atoms. The minimum Gasteiger partial charge on any atom is -0.378 e. The lowest BCUT2D eigenvalue weighted by atomic mass is 10.1. The molecular formula is C8H14F3NOS. The fraction of sp³-hybridized carbons (Fsp3) is 1.00. The van der Waals surface area contributed by atoms with Gasteiger partial charge in [-0.2, -0.15) is 25.8 Å². The first-order chi connectivity index (χ1) is 6.23. The smallest absolute Gasteiger partial charge is 0.378 e. The topological polar surface area (TPSA) is 12.5 Å². The Bertz CT molecular complexity index is 180. The maximum atomic E-state index is 12.6. The number of hydrogen-bond acceptors (Lipinski definition) is 3. The number of ether oxygens (including phenoxy) is 1. The second-order valence-corrected chi connectivity index (χ2v) is 4.91. The summed E-state index contributed by atoms with van der Waals surface area (Å²) in [6, 6.07) is -1.54. The molecule has 1 saturated heterocycles. The summed E-state index contributed by atoms with van der Waals surface area (Å²) in [4.78, 5) is 0.545. The lowest BCUT2D eigenvalue weighted by Gasteiger charge is -2.43. The van der Waals surface area contributed by atoms with Crippen LogP contribution in [0.25, 0.3) is 0 Å². The van der Waals surface area contributed by atoms with Crippen LogP contribution in [0.1, 0.15) is 13.8 Å². The molecule has 1 fully saturated rings. The molecule has 0 N–H and O–H groups in total. The maximum absolute atomic E-state index is 12.6. The molecule has 0 aromatic heterocycles. The summed E-state index contributed by atoms with van der Waals surface area (Å²) < 4.78 is 42.5.